The number of nitrogens with zero attached hydrogens (tertiary/aromatic N) is 2. The van der Waals surface area contributed by atoms with Crippen LogP contribution in [0.25, 0.3) is 11.5 Å². The average molecular weight is 411 g/mol. The number of ether oxygens (including phenoxy) is 1. The third-order valence-electron chi connectivity index (χ3n) is 6.26. The first-order valence-corrected chi connectivity index (χ1v) is 10.3. The van der Waals surface area contributed by atoms with E-state index in [-0.39, 0.29) is 11.2 Å². The second-order valence-electron chi connectivity index (χ2n) is 8.20. The third-order valence-corrected chi connectivity index (χ3v) is 6.26. The van der Waals surface area contributed by atoms with Crippen molar-refractivity contribution in [3.63, 3.8) is 0 Å². The first-order valence-electron chi connectivity index (χ1n) is 10.3. The van der Waals surface area contributed by atoms with Gasteiger partial charge in [-0.1, -0.05) is 41.9 Å². The highest BCUT2D eigenvalue weighted by molar-refractivity contribution is 5.54. The lowest BCUT2D eigenvalue weighted by molar-refractivity contribution is -0.0498. The Morgan fingerprint density at radius 3 is 2.53 bits per heavy atom. The summed E-state index contributed by atoms with van der Waals surface area (Å²) in [6.07, 6.45) is 4.37. The maximum Gasteiger partial charge on any atom is 0.387 e. The fourth-order valence-electron chi connectivity index (χ4n) is 4.23. The second kappa shape index (κ2) is 7.80. The van der Waals surface area contributed by atoms with E-state index in [1.165, 1.54) is 17.7 Å². The van der Waals surface area contributed by atoms with E-state index < -0.39 is 6.61 Å². The van der Waals surface area contributed by atoms with Gasteiger partial charge in [0, 0.05) is 29.5 Å². The molecule has 2 saturated carbocycles. The SMILES string of the molecule is FC(F)Oc1ccc(-c2nc(C3(CNC4C[C@@H]4c4ccccc4)CCC3)no2)cc1. The van der Waals surface area contributed by atoms with Crippen molar-refractivity contribution in [2.24, 2.45) is 0 Å². The molecule has 0 spiro atoms. The van der Waals surface area contributed by atoms with Crippen molar-refractivity contribution in [1.82, 2.24) is 15.5 Å². The molecule has 3 aromatic rings. The highest BCUT2D eigenvalue weighted by Crippen LogP contribution is 2.45. The van der Waals surface area contributed by atoms with Crippen molar-refractivity contribution in [1.29, 1.82) is 0 Å². The van der Waals surface area contributed by atoms with E-state index in [0.717, 1.165) is 38.1 Å². The second-order valence-corrected chi connectivity index (χ2v) is 8.20. The lowest BCUT2D eigenvalue weighted by Crippen LogP contribution is -2.45. The van der Waals surface area contributed by atoms with Gasteiger partial charge in [-0.15, -0.1) is 0 Å². The molecule has 2 atom stereocenters. The number of aromatic nitrogens is 2. The van der Waals surface area contributed by atoms with E-state index in [9.17, 15) is 8.78 Å². The van der Waals surface area contributed by atoms with E-state index in [2.05, 4.69) is 44.5 Å². The Bertz CT molecular complexity index is 987. The molecule has 2 aliphatic rings. The number of alkyl halides is 2. The molecular formula is C23H23F2N3O2. The minimum absolute atomic E-state index is 0.0930. The highest BCUT2D eigenvalue weighted by atomic mass is 19.3. The van der Waals surface area contributed by atoms with Crippen molar-refractivity contribution >= 4 is 0 Å². The molecule has 1 unspecified atom stereocenters. The number of rotatable bonds is 8. The van der Waals surface area contributed by atoms with Crippen LogP contribution in [0.2, 0.25) is 0 Å². The van der Waals surface area contributed by atoms with Crippen molar-refractivity contribution < 1.29 is 18.0 Å². The first-order chi connectivity index (χ1) is 14.6. The fourth-order valence-corrected chi connectivity index (χ4v) is 4.23. The monoisotopic (exact) mass is 411 g/mol. The van der Waals surface area contributed by atoms with E-state index in [1.54, 1.807) is 12.1 Å². The number of benzene rings is 2. The summed E-state index contributed by atoms with van der Waals surface area (Å²) in [6, 6.07) is 17.3. The van der Waals surface area contributed by atoms with Gasteiger partial charge in [0.1, 0.15) is 5.75 Å². The van der Waals surface area contributed by atoms with Gasteiger partial charge in [-0.2, -0.15) is 13.8 Å². The molecule has 0 aliphatic heterocycles. The maximum absolute atomic E-state index is 12.3. The largest absolute Gasteiger partial charge is 0.435 e. The molecule has 0 radical (unpaired) electrons. The Labute approximate surface area is 173 Å². The zero-order valence-electron chi connectivity index (χ0n) is 16.4. The van der Waals surface area contributed by atoms with Crippen molar-refractivity contribution in [2.45, 2.75) is 49.7 Å². The van der Waals surface area contributed by atoms with Gasteiger partial charge in [0.25, 0.3) is 5.89 Å². The molecule has 156 valence electrons. The van der Waals surface area contributed by atoms with Crippen LogP contribution >= 0.6 is 0 Å². The van der Waals surface area contributed by atoms with Crippen molar-refractivity contribution in [3.8, 4) is 17.2 Å². The first kappa shape index (κ1) is 19.2. The van der Waals surface area contributed by atoms with Gasteiger partial charge in [0.05, 0.1) is 0 Å². The lowest BCUT2D eigenvalue weighted by atomic mass is 9.68. The minimum Gasteiger partial charge on any atom is -0.435 e. The van der Waals surface area contributed by atoms with Gasteiger partial charge in [-0.05, 0) is 49.1 Å². The molecule has 2 aromatic carbocycles. The molecule has 5 nitrogen and oxygen atoms in total. The molecule has 7 heteroatoms. The summed E-state index contributed by atoms with van der Waals surface area (Å²) in [6.45, 7) is -2.01. The van der Waals surface area contributed by atoms with Crippen LogP contribution in [0.4, 0.5) is 8.78 Å². The normalized spacial score (nSPS) is 22.0. The number of hydrogen-bond donors (Lipinski definition) is 1. The lowest BCUT2D eigenvalue weighted by Gasteiger charge is -2.39. The van der Waals surface area contributed by atoms with E-state index >= 15 is 0 Å². The molecule has 1 aromatic heterocycles. The van der Waals surface area contributed by atoms with Gasteiger partial charge in [-0.3, -0.25) is 0 Å². The topological polar surface area (TPSA) is 60.2 Å². The predicted molar refractivity (Wildman–Crippen MR) is 107 cm³/mol. The smallest absolute Gasteiger partial charge is 0.387 e. The van der Waals surface area contributed by atoms with Gasteiger partial charge >= 0.3 is 6.61 Å². The standard InChI is InChI=1S/C23H23F2N3O2/c24-22(25)29-17-9-7-16(8-10-17)20-27-21(28-30-20)23(11-4-12-23)14-26-19-13-18(19)15-5-2-1-3-6-15/h1-3,5-10,18-19,22,26H,4,11-14H2/t18-,19?/m1/s1. The fraction of sp³-hybridized carbons (Fsp3) is 0.391. The summed E-state index contributed by atoms with van der Waals surface area (Å²) >= 11 is 0. The Morgan fingerprint density at radius 1 is 1.10 bits per heavy atom. The summed E-state index contributed by atoms with van der Waals surface area (Å²) in [5.74, 6) is 1.80. The van der Waals surface area contributed by atoms with Crippen LogP contribution < -0.4 is 10.1 Å². The number of hydrogen-bond acceptors (Lipinski definition) is 5. The van der Waals surface area contributed by atoms with Gasteiger partial charge in [0.2, 0.25) is 0 Å². The molecule has 1 heterocycles. The summed E-state index contributed by atoms with van der Waals surface area (Å²) in [5.41, 5.74) is 1.98. The van der Waals surface area contributed by atoms with E-state index in [0.29, 0.717) is 23.4 Å². The van der Waals surface area contributed by atoms with Crippen LogP contribution in [-0.4, -0.2) is 29.3 Å². The Morgan fingerprint density at radius 2 is 1.87 bits per heavy atom. The summed E-state index contributed by atoms with van der Waals surface area (Å²) in [7, 11) is 0. The summed E-state index contributed by atoms with van der Waals surface area (Å²) in [4.78, 5) is 4.63. The zero-order chi connectivity index (χ0) is 20.6. The quantitative estimate of drug-likeness (QED) is 0.571. The Balaban J connectivity index is 1.24. The molecule has 0 saturated heterocycles. The highest BCUT2D eigenvalue weighted by Gasteiger charge is 2.46. The summed E-state index contributed by atoms with van der Waals surface area (Å²) in [5, 5.41) is 7.97. The molecule has 1 N–H and O–H groups in total. The van der Waals surface area contributed by atoms with Gasteiger partial charge < -0.3 is 14.6 Å². The van der Waals surface area contributed by atoms with Gasteiger partial charge in [0.15, 0.2) is 5.82 Å². The minimum atomic E-state index is -2.84. The molecule has 2 fully saturated rings. The van der Waals surface area contributed by atoms with Gasteiger partial charge in [-0.25, -0.2) is 0 Å². The van der Waals surface area contributed by atoms with Crippen LogP contribution in [0.1, 0.15) is 43.0 Å². The molecule has 30 heavy (non-hydrogen) atoms. The molecule has 0 amide bonds. The zero-order valence-corrected chi connectivity index (χ0v) is 16.4. The van der Waals surface area contributed by atoms with E-state index in [1.807, 2.05) is 6.07 Å². The van der Waals surface area contributed by atoms with Crippen LogP contribution in [0.5, 0.6) is 5.75 Å². The molecule has 0 bridgehead atoms. The van der Waals surface area contributed by atoms with Crippen LogP contribution in [0.3, 0.4) is 0 Å². The molecule has 5 rings (SSSR count). The number of halogens is 2. The molecular weight excluding hydrogens is 388 g/mol. The Kier molecular flexibility index (Phi) is 4.98. The predicted octanol–water partition coefficient (Wildman–Crippen LogP) is 4.91. The number of nitrogens with one attached hydrogen (secondary N) is 1. The van der Waals surface area contributed by atoms with Crippen LogP contribution in [0, 0.1) is 0 Å². The average Bonchev–Trinajstić information content (AvgIpc) is 3.34. The molecule has 2 aliphatic carbocycles. The van der Waals surface area contributed by atoms with Crippen LogP contribution in [-0.2, 0) is 5.41 Å². The third kappa shape index (κ3) is 3.81. The summed E-state index contributed by atoms with van der Waals surface area (Å²) < 4.78 is 34.5. The maximum atomic E-state index is 12.3. The Hall–Kier alpha value is -2.80. The van der Waals surface area contributed by atoms with Crippen molar-refractivity contribution in [2.75, 3.05) is 6.54 Å². The van der Waals surface area contributed by atoms with Crippen molar-refractivity contribution in [3.05, 3.63) is 66.0 Å². The van der Waals surface area contributed by atoms with Crippen LogP contribution in [0.15, 0.2) is 59.1 Å². The van der Waals surface area contributed by atoms with E-state index in [4.69, 9.17) is 4.52 Å².